The van der Waals surface area contributed by atoms with Crippen LogP contribution in [0.1, 0.15) is 45.4 Å². The summed E-state index contributed by atoms with van der Waals surface area (Å²) in [5.74, 6) is -6.08. The van der Waals surface area contributed by atoms with Crippen LogP contribution in [0.15, 0.2) is 0 Å². The molecule has 0 aromatic carbocycles. The summed E-state index contributed by atoms with van der Waals surface area (Å²) in [5.41, 5.74) is 16.3. The molecule has 0 radical (unpaired) electrons. The van der Waals surface area contributed by atoms with E-state index in [1.807, 2.05) is 0 Å². The van der Waals surface area contributed by atoms with Gasteiger partial charge in [-0.3, -0.25) is 24.0 Å². The van der Waals surface area contributed by atoms with Crippen LogP contribution in [0.4, 0.5) is 0 Å². The minimum absolute atomic E-state index is 0.305. The smallest absolute Gasteiger partial charge is 0.326 e. The van der Waals surface area contributed by atoms with Crippen LogP contribution in [0.5, 0.6) is 0 Å². The highest BCUT2D eigenvalue weighted by molar-refractivity contribution is 5.96. The lowest BCUT2D eigenvalue weighted by Gasteiger charge is -2.23. The molecule has 0 saturated carbocycles. The van der Waals surface area contributed by atoms with E-state index in [9.17, 15) is 28.8 Å². The fraction of sp³-hybridized carbons (Fsp3) is 0.667. The van der Waals surface area contributed by atoms with E-state index in [4.69, 9.17) is 27.4 Å². The van der Waals surface area contributed by atoms with E-state index >= 15 is 0 Å². The number of unbranched alkanes of at least 4 members (excludes halogenated alkanes) is 1. The van der Waals surface area contributed by atoms with Crippen LogP contribution in [0.2, 0.25) is 0 Å². The van der Waals surface area contributed by atoms with Crippen LogP contribution in [-0.2, 0) is 28.8 Å². The second kappa shape index (κ2) is 14.7. The Balaban J connectivity index is 5.02. The molecule has 4 amide bonds. The van der Waals surface area contributed by atoms with Crippen LogP contribution in [0.25, 0.3) is 0 Å². The number of rotatable bonds is 16. The number of hydrogen-bond acceptors (Lipinski definition) is 8. The second-order valence-corrected chi connectivity index (χ2v) is 7.18. The van der Waals surface area contributed by atoms with Crippen LogP contribution < -0.4 is 33.2 Å². The van der Waals surface area contributed by atoms with Crippen molar-refractivity contribution in [2.24, 2.45) is 17.2 Å². The first-order valence-electron chi connectivity index (χ1n) is 9.98. The number of amides is 4. The lowest BCUT2D eigenvalue weighted by molar-refractivity contribution is -0.143. The average molecular weight is 460 g/mol. The molecule has 14 nitrogen and oxygen atoms in total. The third kappa shape index (κ3) is 11.8. The van der Waals surface area contributed by atoms with Crippen molar-refractivity contribution in [3.05, 3.63) is 0 Å². The van der Waals surface area contributed by atoms with Crippen LogP contribution in [0, 0.1) is 0 Å². The third-order valence-corrected chi connectivity index (χ3v) is 4.36. The van der Waals surface area contributed by atoms with Crippen molar-refractivity contribution in [1.29, 1.82) is 0 Å². The minimum Gasteiger partial charge on any atom is -0.481 e. The fourth-order valence-electron chi connectivity index (χ4n) is 2.53. The van der Waals surface area contributed by atoms with E-state index in [1.54, 1.807) is 0 Å². The topological polar surface area (TPSA) is 257 Å². The number of nitrogens with two attached hydrogens (primary N) is 3. The Morgan fingerprint density at radius 2 is 1.44 bits per heavy atom. The molecule has 0 spiro atoms. The molecular weight excluding hydrogens is 428 g/mol. The lowest BCUT2D eigenvalue weighted by Crippen LogP contribution is -2.57. The van der Waals surface area contributed by atoms with Gasteiger partial charge in [0.2, 0.25) is 23.6 Å². The third-order valence-electron chi connectivity index (χ3n) is 4.36. The molecule has 4 unspecified atom stereocenters. The summed E-state index contributed by atoms with van der Waals surface area (Å²) in [6.07, 6.45) is 0.136. The summed E-state index contributed by atoms with van der Waals surface area (Å²) < 4.78 is 0. The second-order valence-electron chi connectivity index (χ2n) is 7.18. The Hall–Kier alpha value is -3.26. The molecule has 0 aliphatic carbocycles. The minimum atomic E-state index is -1.48. The number of carbonyl (C=O) groups is 6. The van der Waals surface area contributed by atoms with Gasteiger partial charge in [0.05, 0.1) is 12.5 Å². The summed E-state index contributed by atoms with van der Waals surface area (Å²) in [5, 5.41) is 24.4. The standard InChI is InChI=1S/C18H32N6O8/c1-9(15(28)23-11(18(31)32)5-6-14(26)27)22-17(30)12(8-13(21)25)24-16(29)10(20)4-2-3-7-19/h9-12H,2-8,19-20H2,1H3,(H2,21,25)(H,22,30)(H,23,28)(H,24,29)(H,26,27)(H,31,32). The van der Waals surface area contributed by atoms with E-state index in [2.05, 4.69) is 16.0 Å². The molecule has 4 atom stereocenters. The molecule has 0 heterocycles. The maximum atomic E-state index is 12.5. The summed E-state index contributed by atoms with van der Waals surface area (Å²) >= 11 is 0. The van der Waals surface area contributed by atoms with Crippen LogP contribution >= 0.6 is 0 Å². The van der Waals surface area contributed by atoms with Gasteiger partial charge in [-0.25, -0.2) is 4.79 Å². The quantitative estimate of drug-likeness (QED) is 0.107. The Morgan fingerprint density at radius 1 is 0.844 bits per heavy atom. The van der Waals surface area contributed by atoms with Gasteiger partial charge < -0.3 is 43.4 Å². The maximum Gasteiger partial charge on any atom is 0.326 e. The Labute approximate surface area is 184 Å². The van der Waals surface area contributed by atoms with Crippen LogP contribution in [-0.4, -0.2) is 76.5 Å². The number of aliphatic carboxylic acids is 2. The lowest BCUT2D eigenvalue weighted by atomic mass is 10.1. The van der Waals surface area contributed by atoms with Gasteiger partial charge in [-0.15, -0.1) is 0 Å². The monoisotopic (exact) mass is 460 g/mol. The predicted molar refractivity (Wildman–Crippen MR) is 111 cm³/mol. The summed E-state index contributed by atoms with van der Waals surface area (Å²) in [6, 6.07) is -5.10. The number of carboxylic acids is 2. The van der Waals surface area contributed by atoms with Crippen molar-refractivity contribution in [2.75, 3.05) is 6.54 Å². The van der Waals surface area contributed by atoms with Gasteiger partial charge in [0.1, 0.15) is 18.1 Å². The number of nitrogens with one attached hydrogen (secondary N) is 3. The zero-order valence-electron chi connectivity index (χ0n) is 17.8. The molecule has 0 rings (SSSR count). The Morgan fingerprint density at radius 3 is 1.94 bits per heavy atom. The average Bonchev–Trinajstić information content (AvgIpc) is 2.69. The number of carbonyl (C=O) groups excluding carboxylic acids is 4. The van der Waals surface area contributed by atoms with E-state index < -0.39 is 72.6 Å². The highest BCUT2D eigenvalue weighted by atomic mass is 16.4. The molecule has 0 saturated heterocycles. The van der Waals surface area contributed by atoms with Gasteiger partial charge in [0.15, 0.2) is 0 Å². The molecule has 11 N–H and O–H groups in total. The molecule has 14 heteroatoms. The first-order chi connectivity index (χ1) is 14.9. The van der Waals surface area contributed by atoms with Crippen molar-refractivity contribution in [2.45, 2.75) is 69.6 Å². The number of primary amides is 1. The molecule has 32 heavy (non-hydrogen) atoms. The molecule has 0 bridgehead atoms. The SMILES string of the molecule is CC(NC(=O)C(CC(N)=O)NC(=O)C(N)CCCCN)C(=O)NC(CCC(=O)O)C(=O)O. The number of carboxylic acid groups (broad SMARTS) is 2. The zero-order chi connectivity index (χ0) is 24.8. The van der Waals surface area contributed by atoms with Crippen molar-refractivity contribution in [1.82, 2.24) is 16.0 Å². The van der Waals surface area contributed by atoms with Gasteiger partial charge >= 0.3 is 11.9 Å². The molecule has 0 aliphatic rings. The normalized spacial score (nSPS) is 14.3. The van der Waals surface area contributed by atoms with Crippen molar-refractivity contribution < 1.29 is 39.0 Å². The Kier molecular flexibility index (Phi) is 13.2. The van der Waals surface area contributed by atoms with Gasteiger partial charge in [-0.1, -0.05) is 6.42 Å². The van der Waals surface area contributed by atoms with Gasteiger partial charge in [-0.05, 0) is 32.7 Å². The van der Waals surface area contributed by atoms with Crippen molar-refractivity contribution in [3.63, 3.8) is 0 Å². The Bertz CT molecular complexity index is 701. The molecule has 0 aromatic heterocycles. The maximum absolute atomic E-state index is 12.5. The van der Waals surface area contributed by atoms with Crippen molar-refractivity contribution >= 4 is 35.6 Å². The van der Waals surface area contributed by atoms with Crippen molar-refractivity contribution in [3.8, 4) is 0 Å². The van der Waals surface area contributed by atoms with Gasteiger partial charge in [0.25, 0.3) is 0 Å². The van der Waals surface area contributed by atoms with E-state index in [1.165, 1.54) is 6.92 Å². The zero-order valence-corrected chi connectivity index (χ0v) is 17.8. The number of hydrogen-bond donors (Lipinski definition) is 8. The first-order valence-corrected chi connectivity index (χ1v) is 9.98. The van der Waals surface area contributed by atoms with Gasteiger partial charge in [0, 0.05) is 6.42 Å². The molecule has 182 valence electrons. The molecule has 0 aliphatic heterocycles. The fourth-order valence-corrected chi connectivity index (χ4v) is 2.53. The summed E-state index contributed by atoms with van der Waals surface area (Å²) in [6.45, 7) is 1.67. The molecule has 0 aromatic rings. The van der Waals surface area contributed by atoms with Crippen LogP contribution in [0.3, 0.4) is 0 Å². The van der Waals surface area contributed by atoms with E-state index in [-0.39, 0.29) is 6.42 Å². The summed E-state index contributed by atoms with van der Waals surface area (Å²) in [7, 11) is 0. The van der Waals surface area contributed by atoms with E-state index in [0.29, 0.717) is 25.8 Å². The molecular formula is C18H32N6O8. The highest BCUT2D eigenvalue weighted by Crippen LogP contribution is 2.02. The highest BCUT2D eigenvalue weighted by Gasteiger charge is 2.29. The van der Waals surface area contributed by atoms with Gasteiger partial charge in [-0.2, -0.15) is 0 Å². The first kappa shape index (κ1) is 28.7. The van der Waals surface area contributed by atoms with E-state index in [0.717, 1.165) is 0 Å². The summed E-state index contributed by atoms with van der Waals surface area (Å²) in [4.78, 5) is 70.0. The predicted octanol–water partition coefficient (Wildman–Crippen LogP) is -3.26. The largest absolute Gasteiger partial charge is 0.481 e. The molecule has 0 fully saturated rings.